The Bertz CT molecular complexity index is 247. The van der Waals surface area contributed by atoms with E-state index in [1.807, 2.05) is 6.08 Å². The van der Waals surface area contributed by atoms with Crippen LogP contribution in [0.15, 0.2) is 11.8 Å². The van der Waals surface area contributed by atoms with Crippen molar-refractivity contribution in [2.45, 2.75) is 51.4 Å². The molecule has 2 rings (SSSR count). The van der Waals surface area contributed by atoms with Gasteiger partial charge >= 0.3 is 0 Å². The highest BCUT2D eigenvalue weighted by Crippen LogP contribution is 2.27. The number of carbonyl (C=O) groups excluding carboxylic acids is 1. The van der Waals surface area contributed by atoms with E-state index in [4.69, 9.17) is 4.74 Å². The molecule has 1 heterocycles. The first-order valence-electron chi connectivity index (χ1n) is 6.25. The predicted molar refractivity (Wildman–Crippen MR) is 59.5 cm³/mol. The lowest BCUT2D eigenvalue weighted by molar-refractivity contribution is -0.123. The number of Topliss-reactive ketones (excluding diaryl/α,β-unsaturated/α-hetero) is 1. The predicted octanol–water partition coefficient (Wildman–Crippen LogP) is 3.22. The molecule has 84 valence electrons. The van der Waals surface area contributed by atoms with E-state index < -0.39 is 0 Å². The second kappa shape index (κ2) is 5.34. The van der Waals surface area contributed by atoms with Gasteiger partial charge in [-0.05, 0) is 31.8 Å². The summed E-state index contributed by atoms with van der Waals surface area (Å²) in [5, 5.41) is 0. The van der Waals surface area contributed by atoms with Gasteiger partial charge in [0, 0.05) is 5.92 Å². The van der Waals surface area contributed by atoms with Gasteiger partial charge in [-0.3, -0.25) is 4.79 Å². The molecule has 0 radical (unpaired) electrons. The van der Waals surface area contributed by atoms with Crippen molar-refractivity contribution in [2.24, 2.45) is 5.92 Å². The third-order valence-corrected chi connectivity index (χ3v) is 3.40. The molecule has 0 saturated heterocycles. The Hall–Kier alpha value is -0.790. The molecule has 1 fully saturated rings. The fourth-order valence-electron chi connectivity index (χ4n) is 2.47. The van der Waals surface area contributed by atoms with Gasteiger partial charge in [-0.15, -0.1) is 0 Å². The van der Waals surface area contributed by atoms with Crippen LogP contribution < -0.4 is 0 Å². The Labute approximate surface area is 91.7 Å². The summed E-state index contributed by atoms with van der Waals surface area (Å²) < 4.78 is 5.45. The van der Waals surface area contributed by atoms with E-state index in [2.05, 4.69) is 0 Å². The standard InChI is InChI=1S/C13H20O2/c14-13(12-9-5-6-10-15-12)11-7-3-1-2-4-8-11/h9,11H,1-8,10H2. The summed E-state index contributed by atoms with van der Waals surface area (Å²) in [5.74, 6) is 1.18. The lowest BCUT2D eigenvalue weighted by atomic mass is 9.93. The van der Waals surface area contributed by atoms with E-state index in [0.29, 0.717) is 5.76 Å². The second-order valence-corrected chi connectivity index (χ2v) is 4.61. The maximum Gasteiger partial charge on any atom is 0.200 e. The Balaban J connectivity index is 1.95. The number of carbonyl (C=O) groups is 1. The highest BCUT2D eigenvalue weighted by molar-refractivity contribution is 5.95. The van der Waals surface area contributed by atoms with Gasteiger partial charge in [-0.1, -0.05) is 25.7 Å². The molecule has 1 aliphatic heterocycles. The Morgan fingerprint density at radius 1 is 1.13 bits per heavy atom. The minimum atomic E-state index is 0.247. The molecule has 0 bridgehead atoms. The van der Waals surface area contributed by atoms with Gasteiger partial charge in [0.1, 0.15) is 0 Å². The molecule has 0 spiro atoms. The van der Waals surface area contributed by atoms with E-state index in [9.17, 15) is 4.79 Å². The highest BCUT2D eigenvalue weighted by atomic mass is 16.5. The van der Waals surface area contributed by atoms with Gasteiger partial charge in [-0.25, -0.2) is 0 Å². The lowest BCUT2D eigenvalue weighted by Gasteiger charge is -2.18. The fraction of sp³-hybridized carbons (Fsp3) is 0.769. The lowest BCUT2D eigenvalue weighted by Crippen LogP contribution is -2.19. The first-order chi connectivity index (χ1) is 7.38. The van der Waals surface area contributed by atoms with Crippen LogP contribution in [0.2, 0.25) is 0 Å². The van der Waals surface area contributed by atoms with E-state index in [0.717, 1.165) is 32.3 Å². The van der Waals surface area contributed by atoms with Gasteiger partial charge in [-0.2, -0.15) is 0 Å². The fourth-order valence-corrected chi connectivity index (χ4v) is 2.47. The topological polar surface area (TPSA) is 26.3 Å². The van der Waals surface area contributed by atoms with Crippen LogP contribution >= 0.6 is 0 Å². The molecule has 0 unspecified atom stereocenters. The normalized spacial score (nSPS) is 23.9. The third kappa shape index (κ3) is 2.83. The average Bonchev–Trinajstić information content (AvgIpc) is 2.58. The third-order valence-electron chi connectivity index (χ3n) is 3.40. The number of rotatable bonds is 2. The quantitative estimate of drug-likeness (QED) is 0.651. The molecule has 0 aromatic rings. The Morgan fingerprint density at radius 3 is 2.47 bits per heavy atom. The molecule has 0 aromatic carbocycles. The van der Waals surface area contributed by atoms with Crippen LogP contribution in [0.5, 0.6) is 0 Å². The molecule has 2 aliphatic rings. The minimum absolute atomic E-state index is 0.247. The molecule has 0 N–H and O–H groups in total. The molecule has 2 heteroatoms. The SMILES string of the molecule is O=C(C1=CCCCO1)C1CCCCCC1. The zero-order chi connectivity index (χ0) is 10.5. The number of ketones is 1. The van der Waals surface area contributed by atoms with E-state index in [1.165, 1.54) is 25.7 Å². The summed E-state index contributed by atoms with van der Waals surface area (Å²) in [6.07, 6.45) is 11.2. The van der Waals surface area contributed by atoms with Gasteiger partial charge in [0.15, 0.2) is 11.5 Å². The number of hydrogen-bond donors (Lipinski definition) is 0. The van der Waals surface area contributed by atoms with E-state index >= 15 is 0 Å². The largest absolute Gasteiger partial charge is 0.490 e. The molecule has 0 aromatic heterocycles. The maximum atomic E-state index is 12.1. The minimum Gasteiger partial charge on any atom is -0.490 e. The van der Waals surface area contributed by atoms with Gasteiger partial charge in [0.05, 0.1) is 6.61 Å². The zero-order valence-electron chi connectivity index (χ0n) is 9.34. The summed E-state index contributed by atoms with van der Waals surface area (Å²) in [4.78, 5) is 12.1. The summed E-state index contributed by atoms with van der Waals surface area (Å²) in [5.41, 5.74) is 0. The van der Waals surface area contributed by atoms with Crippen LogP contribution in [0.1, 0.15) is 51.4 Å². The van der Waals surface area contributed by atoms with Crippen molar-refractivity contribution < 1.29 is 9.53 Å². The summed E-state index contributed by atoms with van der Waals surface area (Å²) >= 11 is 0. The van der Waals surface area contributed by atoms with Crippen LogP contribution in [-0.2, 0) is 9.53 Å². The van der Waals surface area contributed by atoms with E-state index in [1.54, 1.807) is 0 Å². The Morgan fingerprint density at radius 2 is 1.87 bits per heavy atom. The molecular formula is C13H20O2. The highest BCUT2D eigenvalue weighted by Gasteiger charge is 2.24. The smallest absolute Gasteiger partial charge is 0.200 e. The summed E-state index contributed by atoms with van der Waals surface area (Å²) in [7, 11) is 0. The van der Waals surface area contributed by atoms with Crippen molar-refractivity contribution in [3.63, 3.8) is 0 Å². The van der Waals surface area contributed by atoms with Crippen LogP contribution in [0.25, 0.3) is 0 Å². The molecule has 15 heavy (non-hydrogen) atoms. The van der Waals surface area contributed by atoms with Crippen molar-refractivity contribution in [1.29, 1.82) is 0 Å². The first kappa shape index (κ1) is 10.7. The van der Waals surface area contributed by atoms with Crippen molar-refractivity contribution in [3.8, 4) is 0 Å². The average molecular weight is 208 g/mol. The van der Waals surface area contributed by atoms with Crippen LogP contribution in [0.4, 0.5) is 0 Å². The van der Waals surface area contributed by atoms with Crippen LogP contribution in [0, 0.1) is 5.92 Å². The van der Waals surface area contributed by atoms with E-state index in [-0.39, 0.29) is 11.7 Å². The van der Waals surface area contributed by atoms with Gasteiger partial charge in [0.25, 0.3) is 0 Å². The molecular weight excluding hydrogens is 188 g/mol. The molecule has 2 nitrogen and oxygen atoms in total. The summed E-state index contributed by atoms with van der Waals surface area (Å²) in [6, 6.07) is 0. The molecule has 0 atom stereocenters. The van der Waals surface area contributed by atoms with Crippen molar-refractivity contribution in [1.82, 2.24) is 0 Å². The van der Waals surface area contributed by atoms with Gasteiger partial charge in [0.2, 0.25) is 0 Å². The Kier molecular flexibility index (Phi) is 3.81. The van der Waals surface area contributed by atoms with Crippen LogP contribution in [0.3, 0.4) is 0 Å². The monoisotopic (exact) mass is 208 g/mol. The maximum absolute atomic E-state index is 12.1. The second-order valence-electron chi connectivity index (χ2n) is 4.61. The van der Waals surface area contributed by atoms with Crippen molar-refractivity contribution in [2.75, 3.05) is 6.61 Å². The number of hydrogen-bond acceptors (Lipinski definition) is 2. The molecule has 1 aliphatic carbocycles. The molecule has 0 amide bonds. The van der Waals surface area contributed by atoms with Crippen LogP contribution in [-0.4, -0.2) is 12.4 Å². The van der Waals surface area contributed by atoms with Gasteiger partial charge < -0.3 is 4.74 Å². The molecule has 1 saturated carbocycles. The number of allylic oxidation sites excluding steroid dienone is 2. The first-order valence-corrected chi connectivity index (χ1v) is 6.25. The van der Waals surface area contributed by atoms with Crippen molar-refractivity contribution in [3.05, 3.63) is 11.8 Å². The summed E-state index contributed by atoms with van der Waals surface area (Å²) in [6.45, 7) is 0.726. The zero-order valence-corrected chi connectivity index (χ0v) is 9.34. The number of ether oxygens (including phenoxy) is 1. The van der Waals surface area contributed by atoms with Crippen molar-refractivity contribution >= 4 is 5.78 Å².